The lowest BCUT2D eigenvalue weighted by atomic mass is 9.91. The third-order valence-electron chi connectivity index (χ3n) is 4.86. The molecule has 1 aliphatic carbocycles. The highest BCUT2D eigenvalue weighted by Crippen LogP contribution is 2.36. The van der Waals surface area contributed by atoms with Gasteiger partial charge in [0.1, 0.15) is 0 Å². The highest BCUT2D eigenvalue weighted by molar-refractivity contribution is 6.74. The summed E-state index contributed by atoms with van der Waals surface area (Å²) in [7, 11) is -1.64. The number of rotatable bonds is 6. The van der Waals surface area contributed by atoms with Gasteiger partial charge in [-0.1, -0.05) is 20.8 Å². The largest absolute Gasteiger partial charge is 0.465 e. The summed E-state index contributed by atoms with van der Waals surface area (Å²) in [5, 5.41) is 15.1. The lowest BCUT2D eigenvalue weighted by Crippen LogP contribution is -2.45. The van der Waals surface area contributed by atoms with Gasteiger partial charge in [0.15, 0.2) is 8.32 Å². The molecule has 1 saturated carbocycles. The van der Waals surface area contributed by atoms with Crippen molar-refractivity contribution in [3.8, 4) is 0 Å². The molecule has 6 heteroatoms. The summed E-state index contributed by atoms with van der Waals surface area (Å²) in [4.78, 5) is 10.6. The average molecular weight is 317 g/mol. The Morgan fingerprint density at radius 2 is 1.71 bits per heavy atom. The van der Waals surface area contributed by atoms with Gasteiger partial charge in [0.25, 0.3) is 0 Å². The van der Waals surface area contributed by atoms with Crippen LogP contribution in [0.25, 0.3) is 0 Å². The molecule has 0 radical (unpaired) electrons. The van der Waals surface area contributed by atoms with Gasteiger partial charge in [0, 0.05) is 25.2 Å². The summed E-state index contributed by atoms with van der Waals surface area (Å²) < 4.78 is 6.15. The highest BCUT2D eigenvalue weighted by atomic mass is 28.4. The molecule has 0 aromatic rings. The van der Waals surface area contributed by atoms with Crippen molar-refractivity contribution in [2.75, 3.05) is 13.2 Å². The SMILES string of the molecule is CC(C)(C)[Si](C)(C)OCCNC1CCC(NC(=O)O)CC1. The molecule has 1 fully saturated rings. The van der Waals surface area contributed by atoms with E-state index in [-0.39, 0.29) is 11.1 Å². The van der Waals surface area contributed by atoms with E-state index in [1.165, 1.54) is 0 Å². The molecule has 0 heterocycles. The number of carbonyl (C=O) groups is 1. The van der Waals surface area contributed by atoms with Crippen LogP contribution in [0.5, 0.6) is 0 Å². The molecular formula is C15H32N2O3Si. The normalized spacial score (nSPS) is 23.9. The molecule has 0 spiro atoms. The van der Waals surface area contributed by atoms with E-state index in [0.717, 1.165) is 38.8 Å². The first kappa shape index (κ1) is 18.5. The van der Waals surface area contributed by atoms with Crippen molar-refractivity contribution in [1.29, 1.82) is 0 Å². The fraction of sp³-hybridized carbons (Fsp3) is 0.933. The van der Waals surface area contributed by atoms with Crippen LogP contribution >= 0.6 is 0 Å². The Bertz CT molecular complexity index is 334. The minimum Gasteiger partial charge on any atom is -0.465 e. The highest BCUT2D eigenvalue weighted by Gasteiger charge is 2.36. The number of hydrogen-bond acceptors (Lipinski definition) is 3. The lowest BCUT2D eigenvalue weighted by Gasteiger charge is -2.36. The summed E-state index contributed by atoms with van der Waals surface area (Å²) in [6.45, 7) is 13.0. The van der Waals surface area contributed by atoms with E-state index in [9.17, 15) is 4.79 Å². The van der Waals surface area contributed by atoms with Crippen molar-refractivity contribution < 1.29 is 14.3 Å². The van der Waals surface area contributed by atoms with Crippen LogP contribution in [-0.2, 0) is 4.43 Å². The maximum atomic E-state index is 10.6. The fourth-order valence-corrected chi connectivity index (χ4v) is 3.45. The van der Waals surface area contributed by atoms with Crippen molar-refractivity contribution in [3.05, 3.63) is 0 Å². The van der Waals surface area contributed by atoms with E-state index in [1.54, 1.807) is 0 Å². The zero-order valence-electron chi connectivity index (χ0n) is 14.2. The molecule has 0 bridgehead atoms. The molecule has 124 valence electrons. The van der Waals surface area contributed by atoms with Crippen LogP contribution in [0.3, 0.4) is 0 Å². The second-order valence-corrected chi connectivity index (χ2v) is 12.4. The van der Waals surface area contributed by atoms with Gasteiger partial charge in [-0.25, -0.2) is 4.79 Å². The van der Waals surface area contributed by atoms with Gasteiger partial charge in [0.2, 0.25) is 0 Å². The van der Waals surface area contributed by atoms with Crippen molar-refractivity contribution >= 4 is 14.4 Å². The predicted molar refractivity (Wildman–Crippen MR) is 88.4 cm³/mol. The molecule has 1 rings (SSSR count). The van der Waals surface area contributed by atoms with Gasteiger partial charge < -0.3 is 20.2 Å². The number of amides is 1. The molecule has 0 unspecified atom stereocenters. The Morgan fingerprint density at radius 3 is 2.19 bits per heavy atom. The van der Waals surface area contributed by atoms with Gasteiger partial charge >= 0.3 is 6.09 Å². The molecule has 0 aliphatic heterocycles. The quantitative estimate of drug-likeness (QED) is 0.520. The van der Waals surface area contributed by atoms with E-state index in [0.29, 0.717) is 6.04 Å². The maximum absolute atomic E-state index is 10.6. The first-order valence-corrected chi connectivity index (χ1v) is 10.9. The molecule has 1 amide bonds. The molecule has 0 aromatic heterocycles. The molecule has 21 heavy (non-hydrogen) atoms. The topological polar surface area (TPSA) is 70.6 Å². The van der Waals surface area contributed by atoms with E-state index >= 15 is 0 Å². The predicted octanol–water partition coefficient (Wildman–Crippen LogP) is 3.18. The zero-order chi connectivity index (χ0) is 16.1. The first-order valence-electron chi connectivity index (χ1n) is 7.98. The fourth-order valence-electron chi connectivity index (χ4n) is 2.40. The van der Waals surface area contributed by atoms with E-state index in [2.05, 4.69) is 44.5 Å². The smallest absolute Gasteiger partial charge is 0.404 e. The standard InChI is InChI=1S/C15H32N2O3Si/c1-15(2,3)21(4,5)20-11-10-16-12-6-8-13(9-7-12)17-14(18)19/h12-13,16-17H,6-11H2,1-5H3,(H,18,19). The van der Waals surface area contributed by atoms with Gasteiger partial charge in [-0.05, 0) is 43.8 Å². The van der Waals surface area contributed by atoms with Crippen LogP contribution in [0.2, 0.25) is 18.1 Å². The van der Waals surface area contributed by atoms with Crippen LogP contribution in [0.4, 0.5) is 4.79 Å². The van der Waals surface area contributed by atoms with Crippen LogP contribution in [0.1, 0.15) is 46.5 Å². The Hall–Kier alpha value is -0.593. The second-order valence-electron chi connectivity index (χ2n) is 7.56. The Labute approximate surface area is 130 Å². The maximum Gasteiger partial charge on any atom is 0.404 e. The van der Waals surface area contributed by atoms with Crippen molar-refractivity contribution in [2.24, 2.45) is 0 Å². The summed E-state index contributed by atoms with van der Waals surface area (Å²) in [6, 6.07) is 0.629. The van der Waals surface area contributed by atoms with Gasteiger partial charge in [-0.15, -0.1) is 0 Å². The molecular weight excluding hydrogens is 284 g/mol. The number of nitrogens with one attached hydrogen (secondary N) is 2. The Kier molecular flexibility index (Phi) is 6.68. The summed E-state index contributed by atoms with van der Waals surface area (Å²) in [5.74, 6) is 0. The lowest BCUT2D eigenvalue weighted by molar-refractivity contribution is 0.183. The van der Waals surface area contributed by atoms with Crippen molar-refractivity contribution in [3.63, 3.8) is 0 Å². The van der Waals surface area contributed by atoms with Crippen LogP contribution in [0.15, 0.2) is 0 Å². The number of carboxylic acid groups (broad SMARTS) is 1. The Morgan fingerprint density at radius 1 is 1.19 bits per heavy atom. The number of hydrogen-bond donors (Lipinski definition) is 3. The molecule has 5 nitrogen and oxygen atoms in total. The first-order chi connectivity index (χ1) is 9.62. The monoisotopic (exact) mass is 316 g/mol. The second kappa shape index (κ2) is 7.60. The van der Waals surface area contributed by atoms with Crippen molar-refractivity contribution in [1.82, 2.24) is 10.6 Å². The van der Waals surface area contributed by atoms with Crippen LogP contribution in [-0.4, -0.2) is 44.8 Å². The summed E-state index contributed by atoms with van der Waals surface area (Å²) in [5.41, 5.74) is 0. The summed E-state index contributed by atoms with van der Waals surface area (Å²) >= 11 is 0. The summed E-state index contributed by atoms with van der Waals surface area (Å²) in [6.07, 6.45) is 3.00. The molecule has 0 saturated heterocycles. The van der Waals surface area contributed by atoms with Crippen LogP contribution < -0.4 is 10.6 Å². The van der Waals surface area contributed by atoms with Crippen LogP contribution in [0, 0.1) is 0 Å². The van der Waals surface area contributed by atoms with Gasteiger partial charge in [0.05, 0.1) is 0 Å². The minimum absolute atomic E-state index is 0.129. The third kappa shape index (κ3) is 6.36. The zero-order valence-corrected chi connectivity index (χ0v) is 15.2. The van der Waals surface area contributed by atoms with E-state index in [1.807, 2.05) is 0 Å². The third-order valence-corrected chi connectivity index (χ3v) is 9.40. The molecule has 1 aliphatic rings. The van der Waals surface area contributed by atoms with E-state index < -0.39 is 14.4 Å². The average Bonchev–Trinajstić information content (AvgIpc) is 2.34. The molecule has 0 atom stereocenters. The molecule has 3 N–H and O–H groups in total. The van der Waals surface area contributed by atoms with Crippen molar-refractivity contribution in [2.45, 2.75) is 76.7 Å². The van der Waals surface area contributed by atoms with E-state index in [4.69, 9.17) is 9.53 Å². The van der Waals surface area contributed by atoms with Gasteiger partial charge in [-0.3, -0.25) is 0 Å². The Balaban J connectivity index is 2.16. The van der Waals surface area contributed by atoms with Gasteiger partial charge in [-0.2, -0.15) is 0 Å². The minimum atomic E-state index is -1.64. The molecule has 0 aromatic carbocycles.